The van der Waals surface area contributed by atoms with Gasteiger partial charge in [-0.1, -0.05) is 6.07 Å². The number of rotatable bonds is 6. The van der Waals surface area contributed by atoms with Gasteiger partial charge in [0.25, 0.3) is 5.91 Å². The molecule has 0 bridgehead atoms. The summed E-state index contributed by atoms with van der Waals surface area (Å²) >= 11 is 0. The van der Waals surface area contributed by atoms with Crippen LogP contribution < -0.4 is 15.0 Å². The predicted molar refractivity (Wildman–Crippen MR) is 107 cm³/mol. The molecule has 1 aromatic carbocycles. The lowest BCUT2D eigenvalue weighted by atomic mass is 10.2. The number of carbonyl (C=O) groups is 1. The number of aromatic nitrogens is 1. The fourth-order valence-electron chi connectivity index (χ4n) is 3.11. The summed E-state index contributed by atoms with van der Waals surface area (Å²) in [5.41, 5.74) is 1.66. The molecule has 6 nitrogen and oxygen atoms in total. The molecule has 3 rings (SSSR count). The topological polar surface area (TPSA) is 57.7 Å². The Morgan fingerprint density at radius 1 is 1.15 bits per heavy atom. The number of carbonyl (C=O) groups excluding carboxylic acids is 1. The van der Waals surface area contributed by atoms with Crippen molar-refractivity contribution in [2.45, 2.75) is 26.5 Å². The van der Waals surface area contributed by atoms with Gasteiger partial charge in [0.2, 0.25) is 0 Å². The van der Waals surface area contributed by atoms with Gasteiger partial charge in [0.05, 0.1) is 6.10 Å². The molecule has 0 atom stereocenters. The first-order valence-electron chi connectivity index (χ1n) is 9.45. The van der Waals surface area contributed by atoms with Gasteiger partial charge in [-0.25, -0.2) is 4.98 Å². The third-order valence-corrected chi connectivity index (χ3v) is 4.60. The smallest absolute Gasteiger partial charge is 0.251 e. The molecule has 2 heterocycles. The van der Waals surface area contributed by atoms with Crippen molar-refractivity contribution >= 4 is 11.7 Å². The Morgan fingerprint density at radius 2 is 1.85 bits per heavy atom. The summed E-state index contributed by atoms with van der Waals surface area (Å²) in [4.78, 5) is 21.7. The fraction of sp³-hybridized carbons (Fsp3) is 0.429. The number of pyridine rings is 1. The summed E-state index contributed by atoms with van der Waals surface area (Å²) in [7, 11) is 2.13. The number of hydrogen-bond acceptors (Lipinski definition) is 5. The summed E-state index contributed by atoms with van der Waals surface area (Å²) in [6.45, 7) is 8.36. The number of amides is 1. The fourth-order valence-corrected chi connectivity index (χ4v) is 3.11. The standard InChI is InChI=1S/C21H28N4O2/c1-16(2)27-19-8-6-17(7-9-19)21(26)23-15-18-5-4-10-22-20(18)25-13-11-24(3)12-14-25/h4-10,16H,11-15H2,1-3H3,(H,23,26). The van der Waals surface area contributed by atoms with Crippen molar-refractivity contribution in [1.82, 2.24) is 15.2 Å². The quantitative estimate of drug-likeness (QED) is 0.849. The van der Waals surface area contributed by atoms with E-state index < -0.39 is 0 Å². The van der Waals surface area contributed by atoms with Crippen molar-refractivity contribution in [3.8, 4) is 5.75 Å². The van der Waals surface area contributed by atoms with Crippen LogP contribution in [0.15, 0.2) is 42.6 Å². The zero-order chi connectivity index (χ0) is 19.2. The highest BCUT2D eigenvalue weighted by molar-refractivity contribution is 5.94. The van der Waals surface area contributed by atoms with Crippen LogP contribution in [-0.2, 0) is 6.54 Å². The summed E-state index contributed by atoms with van der Waals surface area (Å²) in [5.74, 6) is 1.64. The molecule has 1 aromatic heterocycles. The third-order valence-electron chi connectivity index (χ3n) is 4.60. The molecule has 0 aliphatic carbocycles. The van der Waals surface area contributed by atoms with Crippen LogP contribution in [0.5, 0.6) is 5.75 Å². The van der Waals surface area contributed by atoms with Crippen LogP contribution in [0, 0.1) is 0 Å². The molecule has 2 aromatic rings. The lowest BCUT2D eigenvalue weighted by molar-refractivity contribution is 0.0951. The zero-order valence-electron chi connectivity index (χ0n) is 16.3. The highest BCUT2D eigenvalue weighted by Crippen LogP contribution is 2.19. The van der Waals surface area contributed by atoms with Gasteiger partial charge in [-0.05, 0) is 51.2 Å². The van der Waals surface area contributed by atoms with Crippen LogP contribution in [0.4, 0.5) is 5.82 Å². The first-order chi connectivity index (χ1) is 13.0. The minimum Gasteiger partial charge on any atom is -0.491 e. The lowest BCUT2D eigenvalue weighted by Crippen LogP contribution is -2.45. The maximum atomic E-state index is 12.5. The summed E-state index contributed by atoms with van der Waals surface area (Å²) in [6.07, 6.45) is 1.93. The van der Waals surface area contributed by atoms with Crippen LogP contribution in [0.25, 0.3) is 0 Å². The molecule has 1 aliphatic rings. The van der Waals surface area contributed by atoms with Gasteiger partial charge in [-0.15, -0.1) is 0 Å². The normalized spacial score (nSPS) is 15.0. The van der Waals surface area contributed by atoms with E-state index in [1.807, 2.05) is 44.3 Å². The highest BCUT2D eigenvalue weighted by Gasteiger charge is 2.18. The van der Waals surface area contributed by atoms with Crippen LogP contribution in [0.1, 0.15) is 29.8 Å². The minimum atomic E-state index is -0.0979. The van der Waals surface area contributed by atoms with E-state index in [-0.39, 0.29) is 12.0 Å². The molecule has 0 spiro atoms. The number of benzene rings is 1. The average molecular weight is 368 g/mol. The van der Waals surface area contributed by atoms with Gasteiger partial charge in [0.1, 0.15) is 11.6 Å². The molecule has 1 N–H and O–H groups in total. The van der Waals surface area contributed by atoms with E-state index in [4.69, 9.17) is 4.74 Å². The van der Waals surface area contributed by atoms with E-state index in [0.717, 1.165) is 43.3 Å². The van der Waals surface area contributed by atoms with Crippen molar-refractivity contribution < 1.29 is 9.53 Å². The number of anilines is 1. The first kappa shape index (κ1) is 19.2. The number of ether oxygens (including phenoxy) is 1. The Bertz CT molecular complexity index is 753. The molecule has 0 radical (unpaired) electrons. The zero-order valence-corrected chi connectivity index (χ0v) is 16.3. The first-order valence-corrected chi connectivity index (χ1v) is 9.45. The summed E-state index contributed by atoms with van der Waals surface area (Å²) < 4.78 is 5.62. The lowest BCUT2D eigenvalue weighted by Gasteiger charge is -2.34. The second-order valence-corrected chi connectivity index (χ2v) is 7.15. The molecule has 1 aliphatic heterocycles. The Kier molecular flexibility index (Phi) is 6.29. The van der Waals surface area contributed by atoms with Crippen molar-refractivity contribution in [2.75, 3.05) is 38.1 Å². The largest absolute Gasteiger partial charge is 0.491 e. The molecule has 1 fully saturated rings. The summed E-state index contributed by atoms with van der Waals surface area (Å²) in [5, 5.41) is 3.01. The van der Waals surface area contributed by atoms with Crippen LogP contribution >= 0.6 is 0 Å². The van der Waals surface area contributed by atoms with Crippen molar-refractivity contribution in [3.05, 3.63) is 53.7 Å². The van der Waals surface area contributed by atoms with Gasteiger partial charge in [-0.3, -0.25) is 4.79 Å². The van der Waals surface area contributed by atoms with E-state index in [1.165, 1.54) is 0 Å². The molecule has 1 amide bonds. The number of likely N-dealkylation sites (N-methyl/N-ethyl adjacent to an activating group) is 1. The van der Waals surface area contributed by atoms with Crippen LogP contribution in [0.2, 0.25) is 0 Å². The third kappa shape index (κ3) is 5.20. The van der Waals surface area contributed by atoms with E-state index in [1.54, 1.807) is 12.1 Å². The Hall–Kier alpha value is -2.60. The molecule has 27 heavy (non-hydrogen) atoms. The molecule has 144 valence electrons. The molecule has 6 heteroatoms. The highest BCUT2D eigenvalue weighted by atomic mass is 16.5. The maximum absolute atomic E-state index is 12.5. The molecule has 0 saturated carbocycles. The van der Waals surface area contributed by atoms with Crippen molar-refractivity contribution in [1.29, 1.82) is 0 Å². The van der Waals surface area contributed by atoms with Gasteiger partial charge in [0, 0.05) is 50.0 Å². The molecular weight excluding hydrogens is 340 g/mol. The van der Waals surface area contributed by atoms with Crippen molar-refractivity contribution in [3.63, 3.8) is 0 Å². The molecule has 1 saturated heterocycles. The minimum absolute atomic E-state index is 0.0979. The average Bonchev–Trinajstić information content (AvgIpc) is 2.67. The monoisotopic (exact) mass is 368 g/mol. The van der Waals surface area contributed by atoms with E-state index in [2.05, 4.69) is 27.1 Å². The Morgan fingerprint density at radius 3 is 2.52 bits per heavy atom. The second kappa shape index (κ2) is 8.86. The number of nitrogens with zero attached hydrogens (tertiary/aromatic N) is 3. The summed E-state index contributed by atoms with van der Waals surface area (Å²) in [6, 6.07) is 11.2. The number of piperazine rings is 1. The number of hydrogen-bond donors (Lipinski definition) is 1. The van der Waals surface area contributed by atoms with E-state index >= 15 is 0 Å². The number of nitrogens with one attached hydrogen (secondary N) is 1. The Labute approximate surface area is 161 Å². The van der Waals surface area contributed by atoms with Gasteiger partial charge in [-0.2, -0.15) is 0 Å². The van der Waals surface area contributed by atoms with Gasteiger partial charge < -0.3 is 19.9 Å². The Balaban J connectivity index is 1.62. The maximum Gasteiger partial charge on any atom is 0.251 e. The predicted octanol–water partition coefficient (Wildman–Crippen LogP) is 2.55. The van der Waals surface area contributed by atoms with Gasteiger partial charge >= 0.3 is 0 Å². The van der Waals surface area contributed by atoms with Gasteiger partial charge in [0.15, 0.2) is 0 Å². The SMILES string of the molecule is CC(C)Oc1ccc(C(=O)NCc2cccnc2N2CCN(C)CC2)cc1. The van der Waals surface area contributed by atoms with E-state index in [0.29, 0.717) is 12.1 Å². The van der Waals surface area contributed by atoms with Crippen LogP contribution in [0.3, 0.4) is 0 Å². The van der Waals surface area contributed by atoms with E-state index in [9.17, 15) is 4.79 Å². The second-order valence-electron chi connectivity index (χ2n) is 7.15. The van der Waals surface area contributed by atoms with Crippen molar-refractivity contribution in [2.24, 2.45) is 0 Å². The molecular formula is C21H28N4O2. The molecule has 0 unspecified atom stereocenters. The van der Waals surface area contributed by atoms with Crippen LogP contribution in [-0.4, -0.2) is 55.1 Å².